The van der Waals surface area contributed by atoms with E-state index in [1.807, 2.05) is 6.92 Å². The average molecular weight is 291 g/mol. The van der Waals surface area contributed by atoms with Crippen LogP contribution >= 0.6 is 0 Å². The molecule has 7 heteroatoms. The van der Waals surface area contributed by atoms with Gasteiger partial charge in [0.2, 0.25) is 11.8 Å². The maximum Gasteiger partial charge on any atom is 0.337 e. The molecule has 1 fully saturated rings. The molecule has 0 radical (unpaired) electrons. The van der Waals surface area contributed by atoms with E-state index >= 15 is 0 Å². The number of aromatic nitrogens is 1. The summed E-state index contributed by atoms with van der Waals surface area (Å²) < 4.78 is 0. The van der Waals surface area contributed by atoms with Gasteiger partial charge in [0.1, 0.15) is 0 Å². The fourth-order valence-corrected chi connectivity index (χ4v) is 1.97. The first-order valence-corrected chi connectivity index (χ1v) is 6.73. The fourth-order valence-electron chi connectivity index (χ4n) is 1.97. The third kappa shape index (κ3) is 4.27. The van der Waals surface area contributed by atoms with Crippen LogP contribution in [0.25, 0.3) is 0 Å². The molecule has 3 N–H and O–H groups in total. The zero-order chi connectivity index (χ0) is 15.4. The lowest BCUT2D eigenvalue weighted by molar-refractivity contribution is -0.122. The predicted octanol–water partition coefficient (Wildman–Crippen LogP) is 0.881. The molecule has 2 amide bonds. The summed E-state index contributed by atoms with van der Waals surface area (Å²) in [7, 11) is 0. The first-order valence-electron chi connectivity index (χ1n) is 6.73. The van der Waals surface area contributed by atoms with Crippen LogP contribution in [0.2, 0.25) is 0 Å². The molecule has 0 spiro atoms. The van der Waals surface area contributed by atoms with E-state index < -0.39 is 5.97 Å². The lowest BCUT2D eigenvalue weighted by atomic mass is 10.2. The summed E-state index contributed by atoms with van der Waals surface area (Å²) in [5, 5.41) is 14.1. The summed E-state index contributed by atoms with van der Waals surface area (Å²) in [6.07, 6.45) is 3.61. The minimum Gasteiger partial charge on any atom is -0.478 e. The van der Waals surface area contributed by atoms with E-state index in [1.54, 1.807) is 0 Å². The quantitative estimate of drug-likeness (QED) is 0.721. The normalized spacial score (nSPS) is 19.7. The van der Waals surface area contributed by atoms with Gasteiger partial charge in [-0.15, -0.1) is 0 Å². The van der Waals surface area contributed by atoms with Gasteiger partial charge in [0.05, 0.1) is 17.4 Å². The molecule has 1 aromatic heterocycles. The molecule has 0 aromatic carbocycles. The van der Waals surface area contributed by atoms with E-state index in [4.69, 9.17) is 5.11 Å². The summed E-state index contributed by atoms with van der Waals surface area (Å²) >= 11 is 0. The van der Waals surface area contributed by atoms with Crippen molar-refractivity contribution in [1.82, 2.24) is 10.3 Å². The summed E-state index contributed by atoms with van der Waals surface area (Å²) in [4.78, 5) is 37.8. The zero-order valence-corrected chi connectivity index (χ0v) is 11.6. The second-order valence-electron chi connectivity index (χ2n) is 5.18. The highest BCUT2D eigenvalue weighted by Gasteiger charge is 2.38. The molecule has 2 atom stereocenters. The summed E-state index contributed by atoms with van der Waals surface area (Å²) in [6.45, 7) is 2.28. The lowest BCUT2D eigenvalue weighted by Crippen LogP contribution is -2.29. The van der Waals surface area contributed by atoms with Gasteiger partial charge in [0, 0.05) is 25.1 Å². The number of amides is 2. The summed E-state index contributed by atoms with van der Waals surface area (Å²) in [5.41, 5.74) is 0.325. The molecule has 0 bridgehead atoms. The van der Waals surface area contributed by atoms with Crippen LogP contribution in [0.15, 0.2) is 18.5 Å². The molecule has 1 aromatic rings. The van der Waals surface area contributed by atoms with Crippen molar-refractivity contribution in [3.63, 3.8) is 0 Å². The average Bonchev–Trinajstić information content (AvgIpc) is 3.16. The van der Waals surface area contributed by atoms with E-state index in [9.17, 15) is 14.4 Å². The maximum absolute atomic E-state index is 11.7. The van der Waals surface area contributed by atoms with E-state index in [2.05, 4.69) is 15.6 Å². The fraction of sp³-hybridized carbons (Fsp3) is 0.429. The van der Waals surface area contributed by atoms with Gasteiger partial charge in [0.25, 0.3) is 0 Å². The first-order chi connectivity index (χ1) is 9.97. The number of rotatable bonds is 6. The summed E-state index contributed by atoms with van der Waals surface area (Å²) in [6, 6.07) is 1.33. The molecule has 2 unspecified atom stereocenters. The molecule has 1 heterocycles. The highest BCUT2D eigenvalue weighted by atomic mass is 16.4. The number of hydrogen-bond donors (Lipinski definition) is 3. The topological polar surface area (TPSA) is 108 Å². The number of anilines is 1. The van der Waals surface area contributed by atoms with Crippen molar-refractivity contribution in [2.24, 2.45) is 11.8 Å². The third-order valence-electron chi connectivity index (χ3n) is 3.37. The van der Waals surface area contributed by atoms with Gasteiger partial charge in [-0.25, -0.2) is 4.79 Å². The van der Waals surface area contributed by atoms with Crippen LogP contribution < -0.4 is 10.6 Å². The van der Waals surface area contributed by atoms with Gasteiger partial charge in [-0.3, -0.25) is 14.6 Å². The van der Waals surface area contributed by atoms with Crippen molar-refractivity contribution in [3.05, 3.63) is 24.0 Å². The number of carbonyl (C=O) groups is 3. The van der Waals surface area contributed by atoms with Gasteiger partial charge in [0.15, 0.2) is 0 Å². The second-order valence-corrected chi connectivity index (χ2v) is 5.18. The predicted molar refractivity (Wildman–Crippen MR) is 74.7 cm³/mol. The largest absolute Gasteiger partial charge is 0.478 e. The van der Waals surface area contributed by atoms with Crippen molar-refractivity contribution < 1.29 is 19.5 Å². The molecule has 0 aliphatic heterocycles. The standard InChI is InChI=1S/C14H17N3O4/c1-8-4-11(8)13(19)16-3-2-12(18)17-10-5-9(14(20)21)6-15-7-10/h5-8,11H,2-4H2,1H3,(H,16,19)(H,17,18)(H,20,21). The second kappa shape index (κ2) is 6.34. The highest BCUT2D eigenvalue weighted by Crippen LogP contribution is 2.37. The first kappa shape index (κ1) is 15.0. The Morgan fingerprint density at radius 3 is 2.71 bits per heavy atom. The number of nitrogens with one attached hydrogen (secondary N) is 2. The van der Waals surface area contributed by atoms with Crippen molar-refractivity contribution >= 4 is 23.5 Å². The number of carbonyl (C=O) groups excluding carboxylic acids is 2. The van der Waals surface area contributed by atoms with Crippen LogP contribution in [-0.2, 0) is 9.59 Å². The Labute approximate surface area is 121 Å². The Bertz CT molecular complexity index is 573. The summed E-state index contributed by atoms with van der Waals surface area (Å²) in [5.74, 6) is -0.897. The van der Waals surface area contributed by atoms with Crippen LogP contribution in [0.5, 0.6) is 0 Å². The Balaban J connectivity index is 1.75. The monoisotopic (exact) mass is 291 g/mol. The van der Waals surface area contributed by atoms with Crippen LogP contribution in [0.3, 0.4) is 0 Å². The van der Waals surface area contributed by atoms with Crippen molar-refractivity contribution in [2.45, 2.75) is 19.8 Å². The van der Waals surface area contributed by atoms with Gasteiger partial charge in [-0.2, -0.15) is 0 Å². The Kier molecular flexibility index (Phi) is 4.52. The van der Waals surface area contributed by atoms with Gasteiger partial charge < -0.3 is 15.7 Å². The van der Waals surface area contributed by atoms with Crippen molar-refractivity contribution in [1.29, 1.82) is 0 Å². The molecule has 1 saturated carbocycles. The van der Waals surface area contributed by atoms with E-state index in [0.717, 1.165) is 6.42 Å². The Morgan fingerprint density at radius 2 is 2.10 bits per heavy atom. The van der Waals surface area contributed by atoms with E-state index in [1.165, 1.54) is 18.5 Å². The number of hydrogen-bond acceptors (Lipinski definition) is 4. The molecule has 21 heavy (non-hydrogen) atoms. The molecular weight excluding hydrogens is 274 g/mol. The molecule has 7 nitrogen and oxygen atoms in total. The van der Waals surface area contributed by atoms with Crippen molar-refractivity contribution in [2.75, 3.05) is 11.9 Å². The molecule has 112 valence electrons. The SMILES string of the molecule is CC1CC1C(=O)NCCC(=O)Nc1cncc(C(=O)O)c1. The smallest absolute Gasteiger partial charge is 0.337 e. The number of carboxylic acid groups (broad SMARTS) is 1. The van der Waals surface area contributed by atoms with Crippen LogP contribution in [0.1, 0.15) is 30.1 Å². The molecular formula is C14H17N3O4. The molecule has 2 rings (SSSR count). The third-order valence-corrected chi connectivity index (χ3v) is 3.37. The Morgan fingerprint density at radius 1 is 1.38 bits per heavy atom. The van der Waals surface area contributed by atoms with E-state index in [-0.39, 0.29) is 36.3 Å². The molecule has 0 saturated heterocycles. The van der Waals surface area contributed by atoms with Gasteiger partial charge in [-0.05, 0) is 18.4 Å². The minimum absolute atomic E-state index is 0.00354. The van der Waals surface area contributed by atoms with Crippen LogP contribution in [0, 0.1) is 11.8 Å². The number of pyridine rings is 1. The zero-order valence-electron chi connectivity index (χ0n) is 11.6. The molecule has 1 aliphatic carbocycles. The highest BCUT2D eigenvalue weighted by molar-refractivity contribution is 5.93. The minimum atomic E-state index is -1.11. The number of carboxylic acids is 1. The lowest BCUT2D eigenvalue weighted by Gasteiger charge is -2.06. The van der Waals surface area contributed by atoms with Crippen molar-refractivity contribution in [3.8, 4) is 0 Å². The molecule has 1 aliphatic rings. The number of nitrogens with zero attached hydrogens (tertiary/aromatic N) is 1. The van der Waals surface area contributed by atoms with Gasteiger partial charge >= 0.3 is 5.97 Å². The number of aromatic carboxylic acids is 1. The Hall–Kier alpha value is -2.44. The van der Waals surface area contributed by atoms with E-state index in [0.29, 0.717) is 11.6 Å². The van der Waals surface area contributed by atoms with Crippen LogP contribution in [-0.4, -0.2) is 34.4 Å². The maximum atomic E-state index is 11.7. The van der Waals surface area contributed by atoms with Crippen LogP contribution in [0.4, 0.5) is 5.69 Å². The van der Waals surface area contributed by atoms with Gasteiger partial charge in [-0.1, -0.05) is 6.92 Å².